The number of halogens is 1. The van der Waals surface area contributed by atoms with Crippen LogP contribution in [-0.4, -0.2) is 12.1 Å². The van der Waals surface area contributed by atoms with Crippen LogP contribution in [0, 0.1) is 0 Å². The van der Waals surface area contributed by atoms with Gasteiger partial charge in [0.15, 0.2) is 0 Å². The number of pyridine rings is 1. The molecular formula is C8H8ClNO. The molecule has 1 aromatic heterocycles. The molecule has 0 unspecified atom stereocenters. The molecule has 0 bridgehead atoms. The molecule has 1 aromatic rings. The van der Waals surface area contributed by atoms with E-state index >= 15 is 0 Å². The van der Waals surface area contributed by atoms with Gasteiger partial charge in [-0.25, -0.2) is 4.98 Å². The van der Waals surface area contributed by atoms with Gasteiger partial charge in [0.05, 0.1) is 7.11 Å². The highest BCUT2D eigenvalue weighted by molar-refractivity contribution is 6.30. The summed E-state index contributed by atoms with van der Waals surface area (Å²) in [7, 11) is 1.55. The summed E-state index contributed by atoms with van der Waals surface area (Å²) in [6.07, 6.45) is 1.65. The lowest BCUT2D eigenvalue weighted by Gasteiger charge is -2.00. The van der Waals surface area contributed by atoms with E-state index in [9.17, 15) is 0 Å². The number of nitrogens with zero attached hydrogens (tertiary/aromatic N) is 1. The Hall–Kier alpha value is -1.02. The standard InChI is InChI=1S/C8H8ClNO/c1-3-6-4-5-7(11-2)10-8(6)9/h3-5H,1H2,2H3. The molecule has 0 amide bonds. The third kappa shape index (κ3) is 1.71. The molecule has 0 aromatic carbocycles. The van der Waals surface area contributed by atoms with Crippen molar-refractivity contribution in [2.24, 2.45) is 0 Å². The third-order valence-electron chi connectivity index (χ3n) is 1.28. The first-order valence-electron chi connectivity index (χ1n) is 3.11. The highest BCUT2D eigenvalue weighted by atomic mass is 35.5. The van der Waals surface area contributed by atoms with E-state index in [1.54, 1.807) is 25.3 Å². The first-order chi connectivity index (χ1) is 5.27. The van der Waals surface area contributed by atoms with Crippen LogP contribution in [0.15, 0.2) is 18.7 Å². The summed E-state index contributed by atoms with van der Waals surface area (Å²) in [5.74, 6) is 0.514. The number of rotatable bonds is 2. The molecule has 1 heterocycles. The second-order valence-electron chi connectivity index (χ2n) is 1.94. The predicted molar refractivity (Wildman–Crippen MR) is 45.9 cm³/mol. The van der Waals surface area contributed by atoms with Crippen LogP contribution in [0.5, 0.6) is 5.88 Å². The highest BCUT2D eigenvalue weighted by Crippen LogP contribution is 2.17. The Morgan fingerprint density at radius 2 is 2.36 bits per heavy atom. The summed E-state index contributed by atoms with van der Waals surface area (Å²) in [6, 6.07) is 3.55. The summed E-state index contributed by atoms with van der Waals surface area (Å²) in [5.41, 5.74) is 0.812. The van der Waals surface area contributed by atoms with Crippen molar-refractivity contribution in [2.75, 3.05) is 7.11 Å². The zero-order valence-electron chi connectivity index (χ0n) is 6.17. The fraction of sp³-hybridized carbons (Fsp3) is 0.125. The number of aromatic nitrogens is 1. The minimum atomic E-state index is 0.416. The van der Waals surface area contributed by atoms with Gasteiger partial charge in [0.2, 0.25) is 5.88 Å². The van der Waals surface area contributed by atoms with Crippen molar-refractivity contribution in [3.05, 3.63) is 29.4 Å². The maximum atomic E-state index is 5.75. The van der Waals surface area contributed by atoms with Crippen LogP contribution in [0.3, 0.4) is 0 Å². The summed E-state index contributed by atoms with van der Waals surface area (Å²) in [5, 5.41) is 0.416. The average molecular weight is 170 g/mol. The first-order valence-corrected chi connectivity index (χ1v) is 3.48. The largest absolute Gasteiger partial charge is 0.481 e. The van der Waals surface area contributed by atoms with Crippen molar-refractivity contribution >= 4 is 17.7 Å². The van der Waals surface area contributed by atoms with Crippen molar-refractivity contribution in [1.29, 1.82) is 0 Å². The molecule has 3 heteroatoms. The van der Waals surface area contributed by atoms with E-state index in [0.29, 0.717) is 11.0 Å². The molecule has 0 saturated carbocycles. The van der Waals surface area contributed by atoms with Gasteiger partial charge in [-0.05, 0) is 6.07 Å². The molecule has 11 heavy (non-hydrogen) atoms. The number of hydrogen-bond acceptors (Lipinski definition) is 2. The monoisotopic (exact) mass is 169 g/mol. The van der Waals surface area contributed by atoms with E-state index in [0.717, 1.165) is 5.56 Å². The number of hydrogen-bond donors (Lipinski definition) is 0. The molecule has 0 radical (unpaired) electrons. The number of methoxy groups -OCH3 is 1. The fourth-order valence-electron chi connectivity index (χ4n) is 0.694. The Kier molecular flexibility index (Phi) is 2.49. The van der Waals surface area contributed by atoms with Crippen LogP contribution in [0.25, 0.3) is 6.08 Å². The zero-order valence-corrected chi connectivity index (χ0v) is 6.93. The van der Waals surface area contributed by atoms with Gasteiger partial charge in [-0.15, -0.1) is 0 Å². The van der Waals surface area contributed by atoms with Gasteiger partial charge >= 0.3 is 0 Å². The van der Waals surface area contributed by atoms with Crippen molar-refractivity contribution in [1.82, 2.24) is 4.98 Å². The quantitative estimate of drug-likeness (QED) is 0.635. The van der Waals surface area contributed by atoms with Crippen LogP contribution in [-0.2, 0) is 0 Å². The molecule has 0 aliphatic rings. The highest BCUT2D eigenvalue weighted by Gasteiger charge is 1.98. The normalized spacial score (nSPS) is 9.27. The van der Waals surface area contributed by atoms with Gasteiger partial charge in [-0.2, -0.15) is 0 Å². The maximum Gasteiger partial charge on any atom is 0.214 e. The molecule has 0 fully saturated rings. The van der Waals surface area contributed by atoms with Gasteiger partial charge in [0.1, 0.15) is 5.15 Å². The smallest absolute Gasteiger partial charge is 0.214 e. The van der Waals surface area contributed by atoms with Crippen molar-refractivity contribution in [3.63, 3.8) is 0 Å². The van der Waals surface area contributed by atoms with Crippen LogP contribution >= 0.6 is 11.6 Å². The Morgan fingerprint density at radius 3 is 2.82 bits per heavy atom. The van der Waals surface area contributed by atoms with Crippen molar-refractivity contribution in [3.8, 4) is 5.88 Å². The second kappa shape index (κ2) is 3.39. The molecule has 0 atom stereocenters. The first kappa shape index (κ1) is 8.08. The van der Waals surface area contributed by atoms with Crippen LogP contribution < -0.4 is 4.74 Å². The third-order valence-corrected chi connectivity index (χ3v) is 1.58. The van der Waals surface area contributed by atoms with Crippen molar-refractivity contribution in [2.45, 2.75) is 0 Å². The van der Waals surface area contributed by atoms with E-state index in [1.807, 2.05) is 0 Å². The topological polar surface area (TPSA) is 22.1 Å². The van der Waals surface area contributed by atoms with Crippen LogP contribution in [0.4, 0.5) is 0 Å². The van der Waals surface area contributed by atoms with Gasteiger partial charge in [-0.3, -0.25) is 0 Å². The lowest BCUT2D eigenvalue weighted by Crippen LogP contribution is -1.88. The molecule has 0 aliphatic heterocycles. The minimum Gasteiger partial charge on any atom is -0.481 e. The Morgan fingerprint density at radius 1 is 1.64 bits per heavy atom. The molecule has 58 valence electrons. The molecule has 0 aliphatic carbocycles. The summed E-state index contributed by atoms with van der Waals surface area (Å²) in [6.45, 7) is 3.58. The lowest BCUT2D eigenvalue weighted by molar-refractivity contribution is 0.398. The van der Waals surface area contributed by atoms with E-state index < -0.39 is 0 Å². The molecule has 0 N–H and O–H groups in total. The Labute approximate surface area is 70.5 Å². The van der Waals surface area contributed by atoms with Crippen molar-refractivity contribution < 1.29 is 4.74 Å². The van der Waals surface area contributed by atoms with E-state index in [4.69, 9.17) is 16.3 Å². The van der Waals surface area contributed by atoms with Gasteiger partial charge < -0.3 is 4.74 Å². The van der Waals surface area contributed by atoms with E-state index in [1.165, 1.54) is 0 Å². The zero-order chi connectivity index (χ0) is 8.27. The maximum absolute atomic E-state index is 5.75. The summed E-state index contributed by atoms with van der Waals surface area (Å²) in [4.78, 5) is 3.93. The Balaban J connectivity index is 3.09. The second-order valence-corrected chi connectivity index (χ2v) is 2.30. The molecule has 0 saturated heterocycles. The molecular weight excluding hydrogens is 162 g/mol. The molecule has 0 spiro atoms. The van der Waals surface area contributed by atoms with Gasteiger partial charge in [0, 0.05) is 11.6 Å². The SMILES string of the molecule is C=Cc1ccc(OC)nc1Cl. The summed E-state index contributed by atoms with van der Waals surface area (Å²) < 4.78 is 4.86. The van der Waals surface area contributed by atoms with Gasteiger partial charge in [0.25, 0.3) is 0 Å². The average Bonchev–Trinajstić information content (AvgIpc) is 2.04. The lowest BCUT2D eigenvalue weighted by atomic mass is 10.3. The van der Waals surface area contributed by atoms with E-state index in [2.05, 4.69) is 11.6 Å². The minimum absolute atomic E-state index is 0.416. The molecule has 1 rings (SSSR count). The Bertz CT molecular complexity index is 273. The summed E-state index contributed by atoms with van der Waals surface area (Å²) >= 11 is 5.75. The van der Waals surface area contributed by atoms with Crippen LogP contribution in [0.1, 0.15) is 5.56 Å². The van der Waals surface area contributed by atoms with E-state index in [-0.39, 0.29) is 0 Å². The van der Waals surface area contributed by atoms with Crippen LogP contribution in [0.2, 0.25) is 5.15 Å². The number of ether oxygens (including phenoxy) is 1. The predicted octanol–water partition coefficient (Wildman–Crippen LogP) is 2.39. The fourth-order valence-corrected chi connectivity index (χ4v) is 0.918. The molecule has 2 nitrogen and oxygen atoms in total. The van der Waals surface area contributed by atoms with Gasteiger partial charge in [-0.1, -0.05) is 24.3 Å².